The Hall–Kier alpha value is -1.87. The van der Waals surface area contributed by atoms with E-state index in [1.54, 1.807) is 6.07 Å². The molecule has 0 aliphatic carbocycles. The van der Waals surface area contributed by atoms with Crippen LogP contribution in [0.2, 0.25) is 5.02 Å². The van der Waals surface area contributed by atoms with Crippen molar-refractivity contribution < 1.29 is 0 Å². The molecule has 3 nitrogen and oxygen atoms in total. The average molecular weight is 276 g/mol. The summed E-state index contributed by atoms with van der Waals surface area (Å²) in [5.74, 6) is 0. The van der Waals surface area contributed by atoms with E-state index in [9.17, 15) is 0 Å². The highest BCUT2D eigenvalue weighted by molar-refractivity contribution is 6.33. The predicted molar refractivity (Wildman–Crippen MR) is 84.7 cm³/mol. The summed E-state index contributed by atoms with van der Waals surface area (Å²) in [6.07, 6.45) is 0. The summed E-state index contributed by atoms with van der Waals surface area (Å²) < 4.78 is 0. The van der Waals surface area contributed by atoms with E-state index in [-0.39, 0.29) is 0 Å². The molecule has 0 heterocycles. The van der Waals surface area contributed by atoms with Crippen LogP contribution in [-0.4, -0.2) is 14.1 Å². The number of aryl methyl sites for hydroxylation is 1. The zero-order chi connectivity index (χ0) is 14.0. The first kappa shape index (κ1) is 13.6. The van der Waals surface area contributed by atoms with Gasteiger partial charge in [-0.1, -0.05) is 23.7 Å². The predicted octanol–water partition coefficient (Wildman–Crippen LogP) is 4.04. The van der Waals surface area contributed by atoms with Gasteiger partial charge in [0.05, 0.1) is 16.4 Å². The van der Waals surface area contributed by atoms with Crippen LogP contribution in [-0.2, 0) is 0 Å². The van der Waals surface area contributed by atoms with Gasteiger partial charge in [0, 0.05) is 25.5 Å². The Kier molecular flexibility index (Phi) is 3.86. The molecule has 3 N–H and O–H groups in total. The molecule has 2 aromatic carbocycles. The number of para-hydroxylation sites is 1. The van der Waals surface area contributed by atoms with Gasteiger partial charge in [-0.25, -0.2) is 0 Å². The van der Waals surface area contributed by atoms with E-state index >= 15 is 0 Å². The van der Waals surface area contributed by atoms with Crippen molar-refractivity contribution in [2.24, 2.45) is 0 Å². The molecule has 4 heteroatoms. The molecule has 19 heavy (non-hydrogen) atoms. The maximum absolute atomic E-state index is 6.01. The molecule has 2 aromatic rings. The third-order valence-electron chi connectivity index (χ3n) is 3.02. The normalized spacial score (nSPS) is 10.3. The Labute approximate surface area is 119 Å². The quantitative estimate of drug-likeness (QED) is 0.831. The molecule has 2 rings (SSSR count). The van der Waals surface area contributed by atoms with Crippen LogP contribution in [0, 0.1) is 6.92 Å². The largest absolute Gasteiger partial charge is 0.396 e. The lowest BCUT2D eigenvalue weighted by Gasteiger charge is -2.18. The van der Waals surface area contributed by atoms with Gasteiger partial charge in [-0.15, -0.1) is 0 Å². The summed E-state index contributed by atoms with van der Waals surface area (Å²) >= 11 is 6.01. The minimum Gasteiger partial charge on any atom is -0.396 e. The van der Waals surface area contributed by atoms with E-state index in [4.69, 9.17) is 17.3 Å². The molecule has 0 aliphatic heterocycles. The summed E-state index contributed by atoms with van der Waals surface area (Å²) in [4.78, 5) is 2.09. The first-order valence-electron chi connectivity index (χ1n) is 6.08. The van der Waals surface area contributed by atoms with E-state index in [1.165, 1.54) is 11.3 Å². The van der Waals surface area contributed by atoms with Crippen LogP contribution in [0.5, 0.6) is 0 Å². The van der Waals surface area contributed by atoms with Crippen LogP contribution < -0.4 is 16.0 Å². The second kappa shape index (κ2) is 5.41. The second-order valence-electron chi connectivity index (χ2n) is 4.72. The van der Waals surface area contributed by atoms with Gasteiger partial charge in [0.2, 0.25) is 0 Å². The third kappa shape index (κ3) is 2.93. The summed E-state index contributed by atoms with van der Waals surface area (Å²) in [7, 11) is 4.06. The summed E-state index contributed by atoms with van der Waals surface area (Å²) in [6.45, 7) is 2.09. The number of benzene rings is 2. The molecular formula is C15H18ClN3. The minimum absolute atomic E-state index is 0.560. The number of hydrogen-bond acceptors (Lipinski definition) is 3. The van der Waals surface area contributed by atoms with Crippen molar-refractivity contribution in [1.82, 2.24) is 0 Å². The Morgan fingerprint density at radius 3 is 2.58 bits per heavy atom. The Morgan fingerprint density at radius 2 is 1.89 bits per heavy atom. The van der Waals surface area contributed by atoms with Gasteiger partial charge in [0.15, 0.2) is 0 Å². The van der Waals surface area contributed by atoms with E-state index in [2.05, 4.69) is 29.3 Å². The van der Waals surface area contributed by atoms with E-state index in [0.29, 0.717) is 10.7 Å². The maximum atomic E-state index is 6.01. The molecule has 0 saturated heterocycles. The van der Waals surface area contributed by atoms with Gasteiger partial charge in [-0.2, -0.15) is 0 Å². The molecule has 100 valence electrons. The van der Waals surface area contributed by atoms with Crippen molar-refractivity contribution in [3.05, 3.63) is 47.0 Å². The Balaban J connectivity index is 2.34. The summed E-state index contributed by atoms with van der Waals surface area (Å²) in [6, 6.07) is 11.8. The molecule has 0 bridgehead atoms. The van der Waals surface area contributed by atoms with Crippen LogP contribution in [0.1, 0.15) is 5.56 Å². The van der Waals surface area contributed by atoms with Crippen LogP contribution in [0.25, 0.3) is 0 Å². The topological polar surface area (TPSA) is 41.3 Å². The number of anilines is 4. The van der Waals surface area contributed by atoms with Gasteiger partial charge in [0.25, 0.3) is 0 Å². The monoisotopic (exact) mass is 275 g/mol. The number of nitrogen functional groups attached to an aromatic ring is 1. The van der Waals surface area contributed by atoms with Crippen molar-refractivity contribution in [2.75, 3.05) is 30.0 Å². The third-order valence-corrected chi connectivity index (χ3v) is 3.35. The summed E-state index contributed by atoms with van der Waals surface area (Å²) in [5, 5.41) is 3.86. The molecule has 0 spiro atoms. The highest BCUT2D eigenvalue weighted by atomic mass is 35.5. The van der Waals surface area contributed by atoms with Crippen molar-refractivity contribution in [3.63, 3.8) is 0 Å². The van der Waals surface area contributed by atoms with Gasteiger partial charge in [0.1, 0.15) is 0 Å². The lowest BCUT2D eigenvalue weighted by molar-refractivity contribution is 1.11. The maximum Gasteiger partial charge on any atom is 0.0742 e. The number of rotatable bonds is 3. The number of nitrogens with zero attached hydrogens (tertiary/aromatic N) is 1. The fourth-order valence-corrected chi connectivity index (χ4v) is 2.15. The van der Waals surface area contributed by atoms with Gasteiger partial charge in [-0.05, 0) is 36.8 Å². The molecule has 0 fully saturated rings. The SMILES string of the molecule is Cc1ccc(Nc2cccc(Cl)c2N)cc1N(C)C. The molecule has 0 unspecified atom stereocenters. The average Bonchev–Trinajstić information content (AvgIpc) is 2.37. The minimum atomic E-state index is 0.560. The number of hydrogen-bond donors (Lipinski definition) is 2. The molecule has 0 aliphatic rings. The van der Waals surface area contributed by atoms with E-state index in [0.717, 1.165) is 11.4 Å². The van der Waals surface area contributed by atoms with Crippen molar-refractivity contribution in [2.45, 2.75) is 6.92 Å². The molecule has 0 saturated carbocycles. The van der Waals surface area contributed by atoms with Crippen LogP contribution in [0.3, 0.4) is 0 Å². The zero-order valence-corrected chi connectivity index (χ0v) is 12.1. The van der Waals surface area contributed by atoms with Crippen molar-refractivity contribution in [1.29, 1.82) is 0 Å². The number of halogens is 1. The first-order valence-corrected chi connectivity index (χ1v) is 6.46. The van der Waals surface area contributed by atoms with Crippen molar-refractivity contribution in [3.8, 4) is 0 Å². The van der Waals surface area contributed by atoms with Crippen LogP contribution in [0.4, 0.5) is 22.7 Å². The number of nitrogens with one attached hydrogen (secondary N) is 1. The van der Waals surface area contributed by atoms with Crippen LogP contribution >= 0.6 is 11.6 Å². The Morgan fingerprint density at radius 1 is 1.16 bits per heavy atom. The molecule has 0 atom stereocenters. The molecule has 0 amide bonds. The first-order chi connectivity index (χ1) is 8.99. The van der Waals surface area contributed by atoms with E-state index < -0.39 is 0 Å². The molecular weight excluding hydrogens is 258 g/mol. The van der Waals surface area contributed by atoms with E-state index in [1.807, 2.05) is 32.3 Å². The van der Waals surface area contributed by atoms with Crippen LogP contribution in [0.15, 0.2) is 36.4 Å². The fourth-order valence-electron chi connectivity index (χ4n) is 1.97. The zero-order valence-electron chi connectivity index (χ0n) is 11.4. The van der Waals surface area contributed by atoms with Gasteiger partial charge >= 0.3 is 0 Å². The van der Waals surface area contributed by atoms with Gasteiger partial charge in [-0.3, -0.25) is 0 Å². The van der Waals surface area contributed by atoms with Gasteiger partial charge < -0.3 is 16.0 Å². The molecule has 0 radical (unpaired) electrons. The Bertz CT molecular complexity index is 594. The number of nitrogens with two attached hydrogens (primary N) is 1. The molecule has 0 aromatic heterocycles. The fraction of sp³-hybridized carbons (Fsp3) is 0.200. The standard InChI is InChI=1S/C15H18ClN3/c1-10-7-8-11(9-14(10)19(2)3)18-13-6-4-5-12(16)15(13)17/h4-9,18H,17H2,1-3H3. The van der Waals surface area contributed by atoms with Crippen molar-refractivity contribution >= 4 is 34.4 Å². The second-order valence-corrected chi connectivity index (χ2v) is 5.13. The smallest absolute Gasteiger partial charge is 0.0742 e. The highest BCUT2D eigenvalue weighted by Gasteiger charge is 2.06. The lowest BCUT2D eigenvalue weighted by Crippen LogP contribution is -2.10. The lowest BCUT2D eigenvalue weighted by atomic mass is 10.1. The highest BCUT2D eigenvalue weighted by Crippen LogP contribution is 2.31. The summed E-state index contributed by atoms with van der Waals surface area (Å²) in [5.41, 5.74) is 10.7.